The van der Waals surface area contributed by atoms with Crippen LogP contribution in [0.1, 0.15) is 44.4 Å². The van der Waals surface area contributed by atoms with E-state index in [0.717, 1.165) is 27.7 Å². The Morgan fingerprint density at radius 3 is 1.22 bits per heavy atom. The smallest absolute Gasteiger partial charge is 0.171 e. The van der Waals surface area contributed by atoms with Crippen molar-refractivity contribution in [3.8, 4) is 0 Å². The zero-order chi connectivity index (χ0) is 18.3. The van der Waals surface area contributed by atoms with Crippen LogP contribution in [0.4, 0.5) is 26.3 Å². The summed E-state index contributed by atoms with van der Waals surface area (Å²) in [6.45, 7) is 6.04. The van der Waals surface area contributed by atoms with Crippen molar-refractivity contribution in [3.05, 3.63) is 34.9 Å². The fraction of sp³-hybridized carbons (Fsp3) is 0.647. The van der Waals surface area contributed by atoms with Gasteiger partial charge in [-0.15, -0.1) is 0 Å². The van der Waals surface area contributed by atoms with Crippen LogP contribution < -0.4 is 0 Å². The van der Waals surface area contributed by atoms with E-state index in [-0.39, 0.29) is 12.8 Å². The minimum Gasteiger partial charge on any atom is -0.171 e. The summed E-state index contributed by atoms with van der Waals surface area (Å²) >= 11 is 0. The molecule has 0 heterocycles. The standard InChI is InChI=1S/C17H22F6/c1-11-6-12(9-14(2,3)16(18,19)20)8-13(7-11)10-15(4,5)17(21,22)23/h6-8H,9-10H2,1-5H3. The Kier molecular flexibility index (Phi) is 5.20. The monoisotopic (exact) mass is 340 g/mol. The molecule has 1 rings (SSSR count). The Morgan fingerprint density at radius 1 is 0.652 bits per heavy atom. The highest BCUT2D eigenvalue weighted by molar-refractivity contribution is 5.31. The summed E-state index contributed by atoms with van der Waals surface area (Å²) in [6.07, 6.45) is -9.28. The quantitative estimate of drug-likeness (QED) is 0.568. The van der Waals surface area contributed by atoms with Gasteiger partial charge in [-0.3, -0.25) is 0 Å². The van der Waals surface area contributed by atoms with Gasteiger partial charge in [0.1, 0.15) is 0 Å². The van der Waals surface area contributed by atoms with E-state index in [4.69, 9.17) is 0 Å². The van der Waals surface area contributed by atoms with Crippen LogP contribution in [-0.2, 0) is 12.8 Å². The maximum atomic E-state index is 13.0. The normalized spacial score (nSPS) is 14.2. The zero-order valence-electron chi connectivity index (χ0n) is 13.9. The molecule has 132 valence electrons. The first-order valence-corrected chi connectivity index (χ1v) is 7.28. The number of rotatable bonds is 4. The van der Waals surface area contributed by atoms with Gasteiger partial charge in [-0.1, -0.05) is 51.5 Å². The minimum atomic E-state index is -4.37. The molecule has 0 spiro atoms. The summed E-state index contributed by atoms with van der Waals surface area (Å²) in [6, 6.07) is 4.64. The lowest BCUT2D eigenvalue weighted by molar-refractivity contribution is -0.211. The third-order valence-electron chi connectivity index (χ3n) is 4.02. The van der Waals surface area contributed by atoms with Gasteiger partial charge in [-0.05, 0) is 30.9 Å². The Morgan fingerprint density at radius 2 is 0.957 bits per heavy atom. The summed E-state index contributed by atoms with van der Waals surface area (Å²) in [5.41, 5.74) is -2.40. The molecule has 0 aliphatic carbocycles. The van der Waals surface area contributed by atoms with Crippen molar-refractivity contribution in [2.45, 2.75) is 59.8 Å². The molecule has 0 amide bonds. The van der Waals surface area contributed by atoms with Gasteiger partial charge in [0, 0.05) is 0 Å². The first-order valence-electron chi connectivity index (χ1n) is 7.28. The molecule has 0 aliphatic rings. The molecule has 1 aromatic rings. The highest BCUT2D eigenvalue weighted by Gasteiger charge is 2.48. The molecule has 6 heteroatoms. The Labute approximate surface area is 132 Å². The van der Waals surface area contributed by atoms with Crippen LogP contribution >= 0.6 is 0 Å². The summed E-state index contributed by atoms with van der Waals surface area (Å²) in [7, 11) is 0. The molecule has 0 radical (unpaired) electrons. The summed E-state index contributed by atoms with van der Waals surface area (Å²) in [4.78, 5) is 0. The third-order valence-corrected chi connectivity index (χ3v) is 4.02. The van der Waals surface area contributed by atoms with E-state index in [1.807, 2.05) is 0 Å². The van der Waals surface area contributed by atoms with Gasteiger partial charge >= 0.3 is 12.4 Å². The maximum absolute atomic E-state index is 13.0. The Hall–Kier alpha value is -1.20. The van der Waals surface area contributed by atoms with Crippen molar-refractivity contribution in [1.82, 2.24) is 0 Å². The number of benzene rings is 1. The van der Waals surface area contributed by atoms with E-state index in [1.165, 1.54) is 6.07 Å². The van der Waals surface area contributed by atoms with E-state index in [9.17, 15) is 26.3 Å². The molecule has 0 saturated carbocycles. The van der Waals surface area contributed by atoms with Crippen molar-refractivity contribution >= 4 is 0 Å². The molecule has 1 aromatic carbocycles. The summed E-state index contributed by atoms with van der Waals surface area (Å²) < 4.78 is 78.0. The van der Waals surface area contributed by atoms with E-state index < -0.39 is 23.2 Å². The second kappa shape index (κ2) is 6.02. The van der Waals surface area contributed by atoms with Crippen LogP contribution in [0.25, 0.3) is 0 Å². The van der Waals surface area contributed by atoms with E-state index >= 15 is 0 Å². The lowest BCUT2D eigenvalue weighted by atomic mass is 9.81. The molecule has 0 atom stereocenters. The number of hydrogen-bond donors (Lipinski definition) is 0. The fourth-order valence-corrected chi connectivity index (χ4v) is 2.37. The van der Waals surface area contributed by atoms with Crippen LogP contribution in [-0.4, -0.2) is 12.4 Å². The third kappa shape index (κ3) is 4.88. The maximum Gasteiger partial charge on any atom is 0.394 e. The molecule has 0 fully saturated rings. The molecule has 0 aliphatic heterocycles. The van der Waals surface area contributed by atoms with Crippen molar-refractivity contribution < 1.29 is 26.3 Å². The van der Waals surface area contributed by atoms with Crippen molar-refractivity contribution in [2.24, 2.45) is 10.8 Å². The second-order valence-corrected chi connectivity index (χ2v) is 7.44. The second-order valence-electron chi connectivity index (χ2n) is 7.44. The number of halogens is 6. The molecule has 23 heavy (non-hydrogen) atoms. The lowest BCUT2D eigenvalue weighted by Gasteiger charge is -2.29. The summed E-state index contributed by atoms with van der Waals surface area (Å²) in [5.74, 6) is 0. The van der Waals surface area contributed by atoms with Gasteiger partial charge in [0.15, 0.2) is 0 Å². The van der Waals surface area contributed by atoms with Crippen LogP contribution in [0.3, 0.4) is 0 Å². The molecule has 0 unspecified atom stereocenters. The van der Waals surface area contributed by atoms with Gasteiger partial charge < -0.3 is 0 Å². The summed E-state index contributed by atoms with van der Waals surface area (Å²) in [5, 5.41) is 0. The van der Waals surface area contributed by atoms with Crippen molar-refractivity contribution in [3.63, 3.8) is 0 Å². The van der Waals surface area contributed by atoms with Crippen molar-refractivity contribution in [2.75, 3.05) is 0 Å². The highest BCUT2D eigenvalue weighted by atomic mass is 19.4. The zero-order valence-corrected chi connectivity index (χ0v) is 13.9. The van der Waals surface area contributed by atoms with Gasteiger partial charge in [-0.25, -0.2) is 0 Å². The average Bonchev–Trinajstić information content (AvgIpc) is 2.22. The average molecular weight is 340 g/mol. The predicted octanol–water partition coefficient (Wildman–Crippen LogP) is 6.26. The van der Waals surface area contributed by atoms with Gasteiger partial charge in [0.05, 0.1) is 10.8 Å². The van der Waals surface area contributed by atoms with Gasteiger partial charge in [0.2, 0.25) is 0 Å². The molecule has 0 N–H and O–H groups in total. The number of alkyl halides is 6. The number of hydrogen-bond acceptors (Lipinski definition) is 0. The Balaban J connectivity index is 3.10. The number of aryl methyl sites for hydroxylation is 1. The van der Waals surface area contributed by atoms with Crippen LogP contribution in [0, 0.1) is 17.8 Å². The molecular formula is C17H22F6. The SMILES string of the molecule is Cc1cc(CC(C)(C)C(F)(F)F)cc(CC(C)(C)C(F)(F)F)c1. The van der Waals surface area contributed by atoms with E-state index in [1.54, 1.807) is 19.1 Å². The molecule has 0 saturated heterocycles. The van der Waals surface area contributed by atoms with Crippen molar-refractivity contribution in [1.29, 1.82) is 0 Å². The van der Waals surface area contributed by atoms with Crippen LogP contribution in [0.15, 0.2) is 18.2 Å². The van der Waals surface area contributed by atoms with E-state index in [0.29, 0.717) is 16.7 Å². The fourth-order valence-electron chi connectivity index (χ4n) is 2.37. The Bertz CT molecular complexity index is 503. The van der Waals surface area contributed by atoms with E-state index in [2.05, 4.69) is 0 Å². The topological polar surface area (TPSA) is 0 Å². The highest BCUT2D eigenvalue weighted by Crippen LogP contribution is 2.42. The predicted molar refractivity (Wildman–Crippen MR) is 78.3 cm³/mol. The molecule has 0 bridgehead atoms. The molecule has 0 nitrogen and oxygen atoms in total. The molecule has 0 aromatic heterocycles. The van der Waals surface area contributed by atoms with Gasteiger partial charge in [0.25, 0.3) is 0 Å². The first kappa shape index (κ1) is 19.8. The lowest BCUT2D eigenvalue weighted by Crippen LogP contribution is -2.35. The largest absolute Gasteiger partial charge is 0.394 e. The minimum absolute atomic E-state index is 0.266. The molecular weight excluding hydrogens is 318 g/mol. The van der Waals surface area contributed by atoms with Crippen LogP contribution in [0.2, 0.25) is 0 Å². The van der Waals surface area contributed by atoms with Crippen LogP contribution in [0.5, 0.6) is 0 Å². The first-order chi connectivity index (χ1) is 10.1. The van der Waals surface area contributed by atoms with Gasteiger partial charge in [-0.2, -0.15) is 26.3 Å².